The summed E-state index contributed by atoms with van der Waals surface area (Å²) in [5.41, 5.74) is 0.136. The van der Waals surface area contributed by atoms with Gasteiger partial charge in [0, 0.05) is 12.0 Å². The predicted molar refractivity (Wildman–Crippen MR) is 108 cm³/mol. The summed E-state index contributed by atoms with van der Waals surface area (Å²) in [7, 11) is 0. The molecule has 9 nitrogen and oxygen atoms in total. The third kappa shape index (κ3) is 2.16. The number of ether oxygens (including phenoxy) is 1. The first-order valence-corrected chi connectivity index (χ1v) is 10.0. The van der Waals surface area contributed by atoms with E-state index in [2.05, 4.69) is 4.98 Å². The van der Waals surface area contributed by atoms with E-state index in [1.807, 2.05) is 0 Å². The van der Waals surface area contributed by atoms with Crippen LogP contribution in [0.2, 0.25) is 0 Å². The molecule has 1 N–H and O–H groups in total. The van der Waals surface area contributed by atoms with Gasteiger partial charge >= 0.3 is 5.97 Å². The van der Waals surface area contributed by atoms with Gasteiger partial charge < -0.3 is 9.94 Å². The number of hydroxylamine groups is 2. The van der Waals surface area contributed by atoms with Crippen LogP contribution in [0.5, 0.6) is 0 Å². The maximum Gasteiger partial charge on any atom is 0.330 e. The van der Waals surface area contributed by atoms with Crippen LogP contribution in [0.1, 0.15) is 24.9 Å². The van der Waals surface area contributed by atoms with Crippen LogP contribution in [0.3, 0.4) is 0 Å². The highest BCUT2D eigenvalue weighted by Crippen LogP contribution is 2.56. The largest absolute Gasteiger partial charge is 0.449 e. The summed E-state index contributed by atoms with van der Waals surface area (Å²) >= 11 is 0. The first-order valence-electron chi connectivity index (χ1n) is 10.0. The molecule has 6 rings (SSSR count). The summed E-state index contributed by atoms with van der Waals surface area (Å²) < 4.78 is 7.21. The molecule has 1 spiro atoms. The molecule has 31 heavy (non-hydrogen) atoms. The number of amides is 1. The molecule has 3 aromatic rings. The van der Waals surface area contributed by atoms with Gasteiger partial charge in [0.25, 0.3) is 5.56 Å². The molecule has 0 unspecified atom stereocenters. The van der Waals surface area contributed by atoms with E-state index in [1.54, 1.807) is 55.5 Å². The number of para-hydroxylation sites is 2. The number of esters is 1. The Bertz CT molecular complexity index is 1340. The van der Waals surface area contributed by atoms with Crippen LogP contribution in [-0.4, -0.2) is 43.9 Å². The molecule has 1 aromatic heterocycles. The molecule has 4 atom stereocenters. The molecule has 0 bridgehead atoms. The van der Waals surface area contributed by atoms with Crippen molar-refractivity contribution in [1.82, 2.24) is 14.6 Å². The maximum absolute atomic E-state index is 13.1. The lowest BCUT2D eigenvalue weighted by Crippen LogP contribution is -2.49. The van der Waals surface area contributed by atoms with Crippen molar-refractivity contribution >= 4 is 28.5 Å². The number of fused-ring (bicyclic) bond motifs is 6. The Morgan fingerprint density at radius 3 is 2.68 bits per heavy atom. The number of rotatable bonds is 1. The number of hydrogen-bond acceptors (Lipinski definition) is 7. The van der Waals surface area contributed by atoms with Crippen molar-refractivity contribution in [1.29, 1.82) is 0 Å². The topological polar surface area (TPSA) is 105 Å². The first-order chi connectivity index (χ1) is 14.9. The van der Waals surface area contributed by atoms with Gasteiger partial charge in [0.1, 0.15) is 12.1 Å². The summed E-state index contributed by atoms with van der Waals surface area (Å²) in [6.07, 6.45) is 0.541. The zero-order valence-corrected chi connectivity index (χ0v) is 16.5. The van der Waals surface area contributed by atoms with Gasteiger partial charge in [0.15, 0.2) is 11.8 Å². The van der Waals surface area contributed by atoms with Gasteiger partial charge in [-0.2, -0.15) is 5.06 Å². The number of carbonyl (C=O) groups is 2. The Hall–Kier alpha value is -3.56. The minimum atomic E-state index is -1.29. The zero-order valence-electron chi connectivity index (χ0n) is 16.5. The third-order valence-corrected chi connectivity index (χ3v) is 6.60. The van der Waals surface area contributed by atoms with Gasteiger partial charge in [-0.1, -0.05) is 30.3 Å². The average Bonchev–Trinajstić information content (AvgIpc) is 3.35. The Morgan fingerprint density at radius 2 is 1.84 bits per heavy atom. The highest BCUT2D eigenvalue weighted by molar-refractivity contribution is 6.02. The van der Waals surface area contributed by atoms with Crippen molar-refractivity contribution in [2.75, 3.05) is 4.90 Å². The lowest BCUT2D eigenvalue weighted by molar-refractivity contribution is -0.190. The summed E-state index contributed by atoms with van der Waals surface area (Å²) in [4.78, 5) is 44.8. The molecule has 4 heterocycles. The van der Waals surface area contributed by atoms with Crippen LogP contribution in [0, 0.1) is 0 Å². The van der Waals surface area contributed by atoms with Crippen LogP contribution in [0.25, 0.3) is 10.9 Å². The third-order valence-electron chi connectivity index (χ3n) is 6.60. The Balaban J connectivity index is 1.51. The smallest absolute Gasteiger partial charge is 0.330 e. The van der Waals surface area contributed by atoms with Gasteiger partial charge in [0.2, 0.25) is 5.91 Å². The van der Waals surface area contributed by atoms with Gasteiger partial charge in [-0.05, 0) is 25.1 Å². The number of hydrogen-bond donors (Lipinski definition) is 1. The molecule has 1 amide bonds. The molecule has 9 heteroatoms. The van der Waals surface area contributed by atoms with Crippen molar-refractivity contribution in [3.05, 3.63) is 70.8 Å². The van der Waals surface area contributed by atoms with E-state index < -0.39 is 29.8 Å². The number of anilines is 1. The zero-order chi connectivity index (χ0) is 21.5. The van der Waals surface area contributed by atoms with E-state index in [0.29, 0.717) is 22.2 Å². The van der Waals surface area contributed by atoms with E-state index >= 15 is 0 Å². The molecule has 2 saturated heterocycles. The Labute approximate surface area is 176 Å². The normalized spacial score (nSPS) is 29.6. The molecule has 0 saturated carbocycles. The average molecular weight is 418 g/mol. The van der Waals surface area contributed by atoms with Crippen LogP contribution >= 0.6 is 0 Å². The van der Waals surface area contributed by atoms with Gasteiger partial charge in [0.05, 0.1) is 22.9 Å². The quantitative estimate of drug-likeness (QED) is 0.598. The van der Waals surface area contributed by atoms with E-state index in [-0.39, 0.29) is 17.9 Å². The van der Waals surface area contributed by atoms with Crippen molar-refractivity contribution < 1.29 is 19.5 Å². The van der Waals surface area contributed by atoms with E-state index in [4.69, 9.17) is 4.74 Å². The molecule has 3 aliphatic heterocycles. The maximum atomic E-state index is 13.1. The summed E-state index contributed by atoms with van der Waals surface area (Å²) in [6, 6.07) is 12.4. The van der Waals surface area contributed by atoms with Crippen LogP contribution in [0.4, 0.5) is 5.69 Å². The molecule has 2 aromatic carbocycles. The fourth-order valence-electron chi connectivity index (χ4n) is 5.12. The molecule has 0 radical (unpaired) electrons. The minimum Gasteiger partial charge on any atom is -0.449 e. The highest BCUT2D eigenvalue weighted by atomic mass is 16.6. The molecule has 3 aliphatic rings. The molecular weight excluding hydrogens is 400 g/mol. The number of nitrogens with zero attached hydrogens (tertiary/aromatic N) is 4. The summed E-state index contributed by atoms with van der Waals surface area (Å²) in [5, 5.41) is 12.1. The second-order valence-corrected chi connectivity index (χ2v) is 8.16. The highest BCUT2D eigenvalue weighted by Gasteiger charge is 2.67. The Kier molecular flexibility index (Phi) is 3.52. The first kappa shape index (κ1) is 18.2. The van der Waals surface area contributed by atoms with Crippen LogP contribution in [-0.2, 0) is 19.9 Å². The van der Waals surface area contributed by atoms with E-state index in [0.717, 1.165) is 5.06 Å². The van der Waals surface area contributed by atoms with Gasteiger partial charge in [-0.25, -0.2) is 9.78 Å². The summed E-state index contributed by atoms with van der Waals surface area (Å²) in [6.45, 7) is 1.60. The summed E-state index contributed by atoms with van der Waals surface area (Å²) in [5.74, 6) is -0.878. The second-order valence-electron chi connectivity index (χ2n) is 8.16. The molecule has 0 aliphatic carbocycles. The number of aromatic nitrogens is 2. The van der Waals surface area contributed by atoms with Crippen LogP contribution < -0.4 is 10.5 Å². The van der Waals surface area contributed by atoms with E-state index in [9.17, 15) is 19.6 Å². The fraction of sp³-hybridized carbons (Fsp3) is 0.273. The lowest BCUT2D eigenvalue weighted by atomic mass is 9.88. The van der Waals surface area contributed by atoms with E-state index in [1.165, 1.54) is 15.8 Å². The monoisotopic (exact) mass is 418 g/mol. The fourth-order valence-corrected chi connectivity index (χ4v) is 5.12. The van der Waals surface area contributed by atoms with Crippen LogP contribution in [0.15, 0.2) is 59.7 Å². The van der Waals surface area contributed by atoms with Gasteiger partial charge in [-0.3, -0.25) is 19.1 Å². The lowest BCUT2D eigenvalue weighted by Gasteiger charge is -2.33. The minimum absolute atomic E-state index is 0.0843. The van der Waals surface area contributed by atoms with Crippen molar-refractivity contribution in [3.63, 3.8) is 0 Å². The standard InChI is InChI=1S/C22H18N4O5/c1-12-18(27)25-16-9-5-3-7-14(16)22(21(25)26(12)30)10-17(20(29)31-22)24-11-23-15-8-4-2-6-13(15)19(24)28/h2-9,11-12,17,21,30H,10H2,1H3/t12-,17-,21+,22+/m0/s1. The van der Waals surface area contributed by atoms with Gasteiger partial charge in [-0.15, -0.1) is 0 Å². The Morgan fingerprint density at radius 1 is 1.10 bits per heavy atom. The number of carbonyl (C=O) groups excluding carboxylic acids is 2. The molecule has 156 valence electrons. The van der Waals surface area contributed by atoms with Crippen molar-refractivity contribution in [2.24, 2.45) is 0 Å². The molecular formula is C22H18N4O5. The number of benzene rings is 2. The SMILES string of the molecule is C[C@H]1C(=O)N2c3ccccc3[C@]3(C[C@H](n4cnc5ccccc5c4=O)C(=O)O3)[C@H]2N1O. The van der Waals surface area contributed by atoms with Crippen molar-refractivity contribution in [2.45, 2.75) is 37.2 Å². The van der Waals surface area contributed by atoms with Crippen molar-refractivity contribution in [3.8, 4) is 0 Å². The predicted octanol–water partition coefficient (Wildman–Crippen LogP) is 1.55. The second kappa shape index (κ2) is 5.99. The molecule has 2 fully saturated rings.